The van der Waals surface area contributed by atoms with Crippen LogP contribution in [0.4, 0.5) is 0 Å². The van der Waals surface area contributed by atoms with Gasteiger partial charge in [-0.25, -0.2) is 0 Å². The molecular formula is C23H44N2O4. The lowest BCUT2D eigenvalue weighted by atomic mass is 10.1. The Kier molecular flexibility index (Phi) is 20.3. The third kappa shape index (κ3) is 22.8. The van der Waals surface area contributed by atoms with Gasteiger partial charge in [0.2, 0.25) is 5.91 Å². The van der Waals surface area contributed by atoms with Crippen LogP contribution in [0.25, 0.3) is 0 Å². The molecule has 0 bridgehead atoms. The van der Waals surface area contributed by atoms with Crippen molar-refractivity contribution in [1.29, 1.82) is 0 Å². The van der Waals surface area contributed by atoms with Gasteiger partial charge in [0, 0.05) is 33.0 Å². The van der Waals surface area contributed by atoms with Crippen molar-refractivity contribution < 1.29 is 19.5 Å². The molecule has 0 aliphatic rings. The van der Waals surface area contributed by atoms with Crippen LogP contribution in [0.1, 0.15) is 96.3 Å². The summed E-state index contributed by atoms with van der Waals surface area (Å²) in [5, 5.41) is 13.0. The van der Waals surface area contributed by atoms with E-state index in [2.05, 4.69) is 22.2 Å². The number of methoxy groups -OCH3 is 1. The summed E-state index contributed by atoms with van der Waals surface area (Å²) in [6.45, 7) is 1.21. The van der Waals surface area contributed by atoms with Gasteiger partial charge in [0.25, 0.3) is 0 Å². The van der Waals surface area contributed by atoms with Crippen LogP contribution in [-0.4, -0.2) is 49.4 Å². The molecule has 170 valence electrons. The first kappa shape index (κ1) is 27.6. The molecule has 0 unspecified atom stereocenters. The van der Waals surface area contributed by atoms with Crippen molar-refractivity contribution >= 4 is 11.9 Å². The number of unbranched alkanes of at least 4 members (excludes halogenated alkanes) is 10. The van der Waals surface area contributed by atoms with Crippen LogP contribution in [0.2, 0.25) is 0 Å². The summed E-state index contributed by atoms with van der Waals surface area (Å²) in [5.41, 5.74) is 0. The van der Waals surface area contributed by atoms with Crippen molar-refractivity contribution in [2.45, 2.75) is 96.3 Å². The van der Waals surface area contributed by atoms with E-state index in [9.17, 15) is 9.59 Å². The third-order valence-electron chi connectivity index (χ3n) is 4.90. The van der Waals surface area contributed by atoms with Crippen molar-refractivity contribution in [3.63, 3.8) is 0 Å². The van der Waals surface area contributed by atoms with Crippen LogP contribution in [0.15, 0.2) is 12.2 Å². The Hall–Kier alpha value is -1.40. The summed E-state index contributed by atoms with van der Waals surface area (Å²) < 4.78 is 4.63. The fourth-order valence-corrected chi connectivity index (χ4v) is 3.10. The molecule has 0 spiro atoms. The van der Waals surface area contributed by atoms with Crippen LogP contribution in [0.3, 0.4) is 0 Å². The number of hydroxylamine groups is 2. The van der Waals surface area contributed by atoms with E-state index in [0.29, 0.717) is 25.9 Å². The van der Waals surface area contributed by atoms with E-state index in [-0.39, 0.29) is 11.9 Å². The summed E-state index contributed by atoms with van der Waals surface area (Å²) in [7, 11) is 3.05. The molecule has 0 heterocycles. The standard InChI is InChI=1S/C23H44N2O4/c1-25(28)21-17-20-24-22(26)18-15-13-11-9-7-5-3-4-6-8-10-12-14-16-19-23(27)29-2/h3-4,28H,5-21H2,1-2H3,(H,24,26)/b4-3+. The van der Waals surface area contributed by atoms with Crippen LogP contribution < -0.4 is 5.32 Å². The number of allylic oxidation sites excluding steroid dienone is 2. The fourth-order valence-electron chi connectivity index (χ4n) is 3.10. The lowest BCUT2D eigenvalue weighted by Gasteiger charge is -2.08. The van der Waals surface area contributed by atoms with E-state index in [0.717, 1.165) is 50.0 Å². The van der Waals surface area contributed by atoms with Gasteiger partial charge in [-0.3, -0.25) is 9.59 Å². The largest absolute Gasteiger partial charge is 0.469 e. The van der Waals surface area contributed by atoms with Gasteiger partial charge in [0.05, 0.1) is 7.11 Å². The Morgan fingerprint density at radius 2 is 1.34 bits per heavy atom. The second-order valence-electron chi connectivity index (χ2n) is 7.75. The highest BCUT2D eigenvalue weighted by Gasteiger charge is 2.01. The number of carbonyl (C=O) groups excluding carboxylic acids is 2. The lowest BCUT2D eigenvalue weighted by molar-refractivity contribution is -0.140. The molecule has 2 N–H and O–H groups in total. The van der Waals surface area contributed by atoms with E-state index >= 15 is 0 Å². The van der Waals surface area contributed by atoms with Gasteiger partial charge in [-0.2, -0.15) is 5.06 Å². The second-order valence-corrected chi connectivity index (χ2v) is 7.75. The van der Waals surface area contributed by atoms with Crippen LogP contribution >= 0.6 is 0 Å². The molecule has 6 nitrogen and oxygen atoms in total. The van der Waals surface area contributed by atoms with E-state index in [1.807, 2.05) is 0 Å². The molecule has 0 saturated carbocycles. The summed E-state index contributed by atoms with van der Waals surface area (Å²) in [6, 6.07) is 0. The van der Waals surface area contributed by atoms with Crippen LogP contribution in [0.5, 0.6) is 0 Å². The minimum atomic E-state index is -0.0999. The molecule has 0 aromatic heterocycles. The van der Waals surface area contributed by atoms with Gasteiger partial charge in [0.15, 0.2) is 0 Å². The predicted molar refractivity (Wildman–Crippen MR) is 118 cm³/mol. The zero-order valence-electron chi connectivity index (χ0n) is 18.8. The van der Waals surface area contributed by atoms with Gasteiger partial charge in [0.1, 0.15) is 0 Å². The number of rotatable bonds is 20. The van der Waals surface area contributed by atoms with E-state index in [1.165, 1.54) is 45.6 Å². The summed E-state index contributed by atoms with van der Waals surface area (Å²) >= 11 is 0. The summed E-state index contributed by atoms with van der Waals surface area (Å²) in [5.74, 6) is 0.0223. The number of ether oxygens (including phenoxy) is 1. The second kappa shape index (κ2) is 21.3. The van der Waals surface area contributed by atoms with E-state index in [4.69, 9.17) is 5.21 Å². The number of amides is 1. The molecule has 0 aliphatic carbocycles. The average molecular weight is 413 g/mol. The smallest absolute Gasteiger partial charge is 0.305 e. The molecule has 6 heteroatoms. The lowest BCUT2D eigenvalue weighted by Crippen LogP contribution is -2.26. The quantitative estimate of drug-likeness (QED) is 0.127. The molecule has 0 saturated heterocycles. The normalized spacial score (nSPS) is 11.3. The zero-order chi connectivity index (χ0) is 21.6. The van der Waals surface area contributed by atoms with Crippen molar-refractivity contribution in [3.8, 4) is 0 Å². The topological polar surface area (TPSA) is 78.9 Å². The average Bonchev–Trinajstić information content (AvgIpc) is 2.70. The maximum atomic E-state index is 11.6. The van der Waals surface area contributed by atoms with Crippen LogP contribution in [-0.2, 0) is 14.3 Å². The Labute approximate surface area is 178 Å². The van der Waals surface area contributed by atoms with Crippen molar-refractivity contribution in [1.82, 2.24) is 10.4 Å². The predicted octanol–water partition coefficient (Wildman–Crippen LogP) is 5.00. The molecule has 0 aromatic rings. The van der Waals surface area contributed by atoms with Gasteiger partial charge in [-0.05, 0) is 44.9 Å². The number of nitrogens with zero attached hydrogens (tertiary/aromatic N) is 1. The molecule has 29 heavy (non-hydrogen) atoms. The maximum absolute atomic E-state index is 11.6. The van der Waals surface area contributed by atoms with Gasteiger partial charge < -0.3 is 15.3 Å². The van der Waals surface area contributed by atoms with Gasteiger partial charge >= 0.3 is 5.97 Å². The molecule has 0 aliphatic heterocycles. The first-order valence-corrected chi connectivity index (χ1v) is 11.4. The first-order chi connectivity index (χ1) is 14.1. The Balaban J connectivity index is 3.24. The van der Waals surface area contributed by atoms with E-state index in [1.54, 1.807) is 7.05 Å². The first-order valence-electron chi connectivity index (χ1n) is 11.4. The van der Waals surface area contributed by atoms with Crippen molar-refractivity contribution in [3.05, 3.63) is 12.2 Å². The van der Waals surface area contributed by atoms with Crippen LogP contribution in [0, 0.1) is 0 Å². The highest BCUT2D eigenvalue weighted by atomic mass is 16.5. The molecule has 0 radical (unpaired) electrons. The molecule has 0 aromatic carbocycles. The highest BCUT2D eigenvalue weighted by Crippen LogP contribution is 2.10. The molecule has 0 atom stereocenters. The Morgan fingerprint density at radius 3 is 1.90 bits per heavy atom. The summed E-state index contributed by atoms with van der Waals surface area (Å²) in [4.78, 5) is 22.6. The maximum Gasteiger partial charge on any atom is 0.305 e. The van der Waals surface area contributed by atoms with Crippen molar-refractivity contribution in [2.75, 3.05) is 27.2 Å². The van der Waals surface area contributed by atoms with E-state index < -0.39 is 0 Å². The van der Waals surface area contributed by atoms with Crippen molar-refractivity contribution in [2.24, 2.45) is 0 Å². The third-order valence-corrected chi connectivity index (χ3v) is 4.90. The number of nitrogens with one attached hydrogen (secondary N) is 1. The molecular weight excluding hydrogens is 368 g/mol. The molecule has 1 amide bonds. The minimum absolute atomic E-state index is 0.0999. The molecule has 0 fully saturated rings. The SMILES string of the molecule is COC(=O)CCCCCCC/C=C/CCCCCCCC(=O)NCCCN(C)O. The zero-order valence-corrected chi connectivity index (χ0v) is 18.8. The summed E-state index contributed by atoms with van der Waals surface area (Å²) in [6.07, 6.45) is 20.3. The highest BCUT2D eigenvalue weighted by molar-refractivity contribution is 5.75. The van der Waals surface area contributed by atoms with Gasteiger partial charge in [-0.15, -0.1) is 0 Å². The Bertz CT molecular complexity index is 425. The molecule has 0 rings (SSSR count). The Morgan fingerprint density at radius 1 is 0.828 bits per heavy atom. The van der Waals surface area contributed by atoms with Gasteiger partial charge in [-0.1, -0.05) is 50.7 Å². The monoisotopic (exact) mass is 412 g/mol. The number of esters is 1. The fraction of sp³-hybridized carbons (Fsp3) is 0.826. The number of carbonyl (C=O) groups is 2. The minimum Gasteiger partial charge on any atom is -0.469 e. The number of hydrogen-bond acceptors (Lipinski definition) is 5. The number of hydrogen-bond donors (Lipinski definition) is 2.